The zero-order valence-electron chi connectivity index (χ0n) is 14.4. The van der Waals surface area contributed by atoms with Crippen LogP contribution in [0.1, 0.15) is 30.4 Å². The SMILES string of the molecule is O=C(C1CCCc2nn(Cc3ncccc3Cl)c(=O)n21)N1CC(F)C(F)C1. The standard InChI is InChI=1S/C17H18ClF2N5O2/c18-10-3-2-6-21-13(10)9-24-17(27)25-14(4-1-5-15(25)22-24)16(26)23-7-11(19)12(20)8-23/h2-3,6,11-12,14H,1,4-5,7-9H2. The molecule has 0 N–H and O–H groups in total. The number of rotatable bonds is 3. The predicted molar refractivity (Wildman–Crippen MR) is 93.2 cm³/mol. The van der Waals surface area contributed by atoms with Gasteiger partial charge in [0.25, 0.3) is 0 Å². The van der Waals surface area contributed by atoms with E-state index in [1.54, 1.807) is 18.3 Å². The third-order valence-electron chi connectivity index (χ3n) is 5.04. The lowest BCUT2D eigenvalue weighted by atomic mass is 10.0. The number of aryl methyl sites for hydroxylation is 1. The zero-order valence-corrected chi connectivity index (χ0v) is 15.1. The van der Waals surface area contributed by atoms with E-state index in [1.807, 2.05) is 0 Å². The third kappa shape index (κ3) is 3.24. The summed E-state index contributed by atoms with van der Waals surface area (Å²) in [6.07, 6.45) is -0.122. The Kier molecular flexibility index (Phi) is 4.71. The molecule has 144 valence electrons. The molecule has 2 aromatic rings. The van der Waals surface area contributed by atoms with Crippen LogP contribution < -0.4 is 5.69 Å². The number of carbonyl (C=O) groups is 1. The highest BCUT2D eigenvalue weighted by Gasteiger charge is 2.40. The number of likely N-dealkylation sites (tertiary alicyclic amines) is 1. The lowest BCUT2D eigenvalue weighted by Gasteiger charge is -2.26. The number of nitrogens with zero attached hydrogens (tertiary/aromatic N) is 5. The van der Waals surface area contributed by atoms with Crippen molar-refractivity contribution in [1.29, 1.82) is 0 Å². The molecular weight excluding hydrogens is 380 g/mol. The van der Waals surface area contributed by atoms with Gasteiger partial charge in [0, 0.05) is 12.6 Å². The van der Waals surface area contributed by atoms with Gasteiger partial charge in [-0.1, -0.05) is 11.6 Å². The van der Waals surface area contributed by atoms with Crippen LogP contribution in [0.2, 0.25) is 5.02 Å². The molecule has 7 nitrogen and oxygen atoms in total. The molecule has 2 aromatic heterocycles. The molecule has 0 radical (unpaired) electrons. The molecule has 1 amide bonds. The van der Waals surface area contributed by atoms with Gasteiger partial charge in [-0.25, -0.2) is 18.3 Å². The van der Waals surface area contributed by atoms with E-state index in [9.17, 15) is 18.4 Å². The normalized spacial score (nSPS) is 24.9. The largest absolute Gasteiger partial charge is 0.347 e. The fraction of sp³-hybridized carbons (Fsp3) is 0.529. The lowest BCUT2D eigenvalue weighted by Crippen LogP contribution is -2.42. The second-order valence-electron chi connectivity index (χ2n) is 6.84. The van der Waals surface area contributed by atoms with E-state index in [0.29, 0.717) is 35.8 Å². The molecule has 2 aliphatic rings. The van der Waals surface area contributed by atoms with Gasteiger partial charge in [-0.3, -0.25) is 14.3 Å². The van der Waals surface area contributed by atoms with E-state index in [4.69, 9.17) is 11.6 Å². The highest BCUT2D eigenvalue weighted by atomic mass is 35.5. The van der Waals surface area contributed by atoms with Crippen LogP contribution in [0.4, 0.5) is 8.78 Å². The van der Waals surface area contributed by atoms with E-state index in [0.717, 1.165) is 4.90 Å². The first-order chi connectivity index (χ1) is 13.0. The van der Waals surface area contributed by atoms with Gasteiger partial charge >= 0.3 is 5.69 Å². The molecule has 4 heterocycles. The summed E-state index contributed by atoms with van der Waals surface area (Å²) in [5.74, 6) is 0.0562. The van der Waals surface area contributed by atoms with Crippen LogP contribution in [0, 0.1) is 0 Å². The maximum absolute atomic E-state index is 13.5. The fourth-order valence-electron chi connectivity index (χ4n) is 3.66. The van der Waals surface area contributed by atoms with E-state index in [2.05, 4.69) is 10.1 Å². The Balaban J connectivity index is 1.63. The number of pyridine rings is 1. The van der Waals surface area contributed by atoms with Crippen molar-refractivity contribution in [1.82, 2.24) is 24.2 Å². The Morgan fingerprint density at radius 3 is 2.74 bits per heavy atom. The Labute approximate surface area is 158 Å². The summed E-state index contributed by atoms with van der Waals surface area (Å²) in [6.45, 7) is -0.473. The molecule has 27 heavy (non-hydrogen) atoms. The molecule has 0 bridgehead atoms. The fourth-order valence-corrected chi connectivity index (χ4v) is 3.84. The van der Waals surface area contributed by atoms with Crippen molar-refractivity contribution in [3.8, 4) is 0 Å². The number of aromatic nitrogens is 4. The average molecular weight is 398 g/mol. The Hall–Kier alpha value is -2.29. The lowest BCUT2D eigenvalue weighted by molar-refractivity contribution is -0.134. The van der Waals surface area contributed by atoms with Crippen LogP contribution >= 0.6 is 11.6 Å². The van der Waals surface area contributed by atoms with Crippen LogP contribution in [-0.4, -0.2) is 55.6 Å². The third-order valence-corrected chi connectivity index (χ3v) is 5.39. The van der Waals surface area contributed by atoms with E-state index < -0.39 is 30.0 Å². The van der Waals surface area contributed by atoms with Crippen LogP contribution in [0.3, 0.4) is 0 Å². The van der Waals surface area contributed by atoms with Crippen molar-refractivity contribution in [2.24, 2.45) is 0 Å². The molecule has 1 saturated heterocycles. The quantitative estimate of drug-likeness (QED) is 0.787. The average Bonchev–Trinajstić information content (AvgIpc) is 3.16. The van der Waals surface area contributed by atoms with Gasteiger partial charge in [0.05, 0.1) is 30.4 Å². The van der Waals surface area contributed by atoms with Crippen LogP contribution in [0.5, 0.6) is 0 Å². The number of halogens is 3. The van der Waals surface area contributed by atoms with E-state index >= 15 is 0 Å². The maximum atomic E-state index is 13.5. The van der Waals surface area contributed by atoms with Gasteiger partial charge in [0.2, 0.25) is 5.91 Å². The van der Waals surface area contributed by atoms with Gasteiger partial charge < -0.3 is 4.90 Å². The van der Waals surface area contributed by atoms with Crippen molar-refractivity contribution >= 4 is 17.5 Å². The minimum Gasteiger partial charge on any atom is -0.335 e. The summed E-state index contributed by atoms with van der Waals surface area (Å²) >= 11 is 6.10. The second kappa shape index (κ2) is 7.03. The highest BCUT2D eigenvalue weighted by Crippen LogP contribution is 2.27. The summed E-state index contributed by atoms with van der Waals surface area (Å²) in [4.78, 5) is 31.0. The number of carbonyl (C=O) groups excluding carboxylic acids is 1. The van der Waals surface area contributed by atoms with Gasteiger partial charge in [-0.2, -0.15) is 5.10 Å². The number of hydrogen-bond donors (Lipinski definition) is 0. The van der Waals surface area contributed by atoms with E-state index in [1.165, 1.54) is 9.25 Å². The van der Waals surface area contributed by atoms with Crippen LogP contribution in [-0.2, 0) is 17.8 Å². The van der Waals surface area contributed by atoms with Crippen molar-refractivity contribution < 1.29 is 13.6 Å². The van der Waals surface area contributed by atoms with Crippen molar-refractivity contribution in [2.45, 2.75) is 44.2 Å². The van der Waals surface area contributed by atoms with Gasteiger partial charge in [-0.15, -0.1) is 0 Å². The second-order valence-corrected chi connectivity index (χ2v) is 7.25. The summed E-state index contributed by atoms with van der Waals surface area (Å²) in [5, 5.41) is 4.74. The molecule has 0 spiro atoms. The summed E-state index contributed by atoms with van der Waals surface area (Å²) in [7, 11) is 0. The molecule has 3 unspecified atom stereocenters. The summed E-state index contributed by atoms with van der Waals surface area (Å²) in [5.41, 5.74) is 0.0530. The minimum atomic E-state index is -1.68. The molecular formula is C17H18ClF2N5O2. The molecule has 0 saturated carbocycles. The summed E-state index contributed by atoms with van der Waals surface area (Å²) < 4.78 is 29.5. The summed E-state index contributed by atoms with van der Waals surface area (Å²) in [6, 6.07) is 2.57. The van der Waals surface area contributed by atoms with Crippen molar-refractivity contribution in [3.63, 3.8) is 0 Å². The van der Waals surface area contributed by atoms with Gasteiger partial charge in [0.1, 0.15) is 11.9 Å². The predicted octanol–water partition coefficient (Wildman–Crippen LogP) is 1.54. The molecule has 0 aliphatic carbocycles. The molecule has 2 aliphatic heterocycles. The highest BCUT2D eigenvalue weighted by molar-refractivity contribution is 6.31. The monoisotopic (exact) mass is 397 g/mol. The number of alkyl halides is 2. The van der Waals surface area contributed by atoms with Crippen molar-refractivity contribution in [3.05, 3.63) is 45.4 Å². The first-order valence-electron chi connectivity index (χ1n) is 8.80. The van der Waals surface area contributed by atoms with Crippen LogP contribution in [0.25, 0.3) is 0 Å². The van der Waals surface area contributed by atoms with Gasteiger partial charge in [0.15, 0.2) is 12.3 Å². The van der Waals surface area contributed by atoms with Gasteiger partial charge in [-0.05, 0) is 25.0 Å². The molecule has 4 rings (SSSR count). The smallest absolute Gasteiger partial charge is 0.335 e. The Bertz CT molecular complexity index is 920. The molecule has 1 fully saturated rings. The zero-order chi connectivity index (χ0) is 19.1. The van der Waals surface area contributed by atoms with E-state index in [-0.39, 0.29) is 19.6 Å². The maximum Gasteiger partial charge on any atom is 0.347 e. The first-order valence-corrected chi connectivity index (χ1v) is 9.18. The molecule has 0 aromatic carbocycles. The first kappa shape index (κ1) is 18.1. The molecule has 3 atom stereocenters. The topological polar surface area (TPSA) is 73.0 Å². The minimum absolute atomic E-state index is 0.0856. The molecule has 10 heteroatoms. The Morgan fingerprint density at radius 1 is 1.30 bits per heavy atom. The number of fused-ring (bicyclic) bond motifs is 1. The van der Waals surface area contributed by atoms with Crippen molar-refractivity contribution in [2.75, 3.05) is 13.1 Å². The number of hydrogen-bond acceptors (Lipinski definition) is 4. The Morgan fingerprint density at radius 2 is 2.04 bits per heavy atom. The van der Waals surface area contributed by atoms with Crippen LogP contribution in [0.15, 0.2) is 23.1 Å². The number of amides is 1.